The SMILES string of the molecule is COc1ccc(Nc2cncc(C(=O)Nc3cccc(C)c3C)c2)cc1. The van der Waals surface area contributed by atoms with Gasteiger partial charge in [0.2, 0.25) is 0 Å². The van der Waals surface area contributed by atoms with E-state index < -0.39 is 0 Å². The van der Waals surface area contributed by atoms with Gasteiger partial charge in [0, 0.05) is 17.6 Å². The zero-order valence-corrected chi connectivity index (χ0v) is 15.0. The fraction of sp³-hybridized carbons (Fsp3) is 0.143. The number of carbonyl (C=O) groups excluding carboxylic acids is 1. The average Bonchev–Trinajstić information content (AvgIpc) is 2.66. The lowest BCUT2D eigenvalue weighted by molar-refractivity contribution is 0.102. The number of hydrogen-bond donors (Lipinski definition) is 2. The minimum Gasteiger partial charge on any atom is -0.497 e. The summed E-state index contributed by atoms with van der Waals surface area (Å²) in [7, 11) is 1.63. The number of rotatable bonds is 5. The zero-order valence-electron chi connectivity index (χ0n) is 15.0. The summed E-state index contributed by atoms with van der Waals surface area (Å²) in [6.45, 7) is 4.01. The maximum Gasteiger partial charge on any atom is 0.257 e. The Hall–Kier alpha value is -3.34. The molecule has 3 rings (SSSR count). The van der Waals surface area contributed by atoms with E-state index >= 15 is 0 Å². The lowest BCUT2D eigenvalue weighted by Crippen LogP contribution is -2.13. The predicted molar refractivity (Wildman–Crippen MR) is 104 cm³/mol. The molecule has 5 heteroatoms. The summed E-state index contributed by atoms with van der Waals surface area (Å²) in [6, 6.07) is 15.2. The molecule has 0 aliphatic carbocycles. The Morgan fingerprint density at radius 1 is 1.00 bits per heavy atom. The van der Waals surface area contributed by atoms with Gasteiger partial charge in [-0.1, -0.05) is 12.1 Å². The smallest absolute Gasteiger partial charge is 0.257 e. The van der Waals surface area contributed by atoms with E-state index in [9.17, 15) is 4.79 Å². The molecule has 0 radical (unpaired) electrons. The molecule has 1 aromatic heterocycles. The van der Waals surface area contributed by atoms with E-state index in [2.05, 4.69) is 15.6 Å². The second-order valence-corrected chi connectivity index (χ2v) is 6.02. The predicted octanol–water partition coefficient (Wildman–Crippen LogP) is 4.70. The third kappa shape index (κ3) is 4.00. The molecule has 5 nitrogen and oxygen atoms in total. The monoisotopic (exact) mass is 347 g/mol. The van der Waals surface area contributed by atoms with Crippen LogP contribution >= 0.6 is 0 Å². The third-order valence-electron chi connectivity index (χ3n) is 4.23. The molecular weight excluding hydrogens is 326 g/mol. The van der Waals surface area contributed by atoms with Gasteiger partial charge in [0.1, 0.15) is 5.75 Å². The Balaban J connectivity index is 1.75. The van der Waals surface area contributed by atoms with Crippen molar-refractivity contribution in [2.45, 2.75) is 13.8 Å². The van der Waals surface area contributed by atoms with Crippen molar-refractivity contribution in [1.82, 2.24) is 4.98 Å². The lowest BCUT2D eigenvalue weighted by atomic mass is 10.1. The van der Waals surface area contributed by atoms with Crippen molar-refractivity contribution in [3.63, 3.8) is 0 Å². The Bertz CT molecular complexity index is 921. The number of carbonyl (C=O) groups is 1. The first-order valence-electron chi connectivity index (χ1n) is 8.30. The quantitative estimate of drug-likeness (QED) is 0.702. The van der Waals surface area contributed by atoms with Gasteiger partial charge in [0.25, 0.3) is 5.91 Å². The molecule has 2 N–H and O–H groups in total. The van der Waals surface area contributed by atoms with Gasteiger partial charge in [-0.2, -0.15) is 0 Å². The topological polar surface area (TPSA) is 63.2 Å². The van der Waals surface area contributed by atoms with Gasteiger partial charge in [0.15, 0.2) is 0 Å². The fourth-order valence-corrected chi connectivity index (χ4v) is 2.55. The Morgan fingerprint density at radius 2 is 1.77 bits per heavy atom. The Morgan fingerprint density at radius 3 is 2.50 bits per heavy atom. The number of aromatic nitrogens is 1. The van der Waals surface area contributed by atoms with E-state index in [0.717, 1.165) is 33.9 Å². The number of hydrogen-bond acceptors (Lipinski definition) is 4. The van der Waals surface area contributed by atoms with Gasteiger partial charge < -0.3 is 15.4 Å². The number of nitrogens with zero attached hydrogens (tertiary/aromatic N) is 1. The highest BCUT2D eigenvalue weighted by Gasteiger charge is 2.10. The van der Waals surface area contributed by atoms with E-state index in [1.807, 2.05) is 56.3 Å². The lowest BCUT2D eigenvalue weighted by Gasteiger charge is -2.11. The van der Waals surface area contributed by atoms with Crippen LogP contribution in [0.4, 0.5) is 17.1 Å². The van der Waals surface area contributed by atoms with Crippen LogP contribution in [0.25, 0.3) is 0 Å². The first-order valence-corrected chi connectivity index (χ1v) is 8.30. The molecule has 132 valence electrons. The summed E-state index contributed by atoms with van der Waals surface area (Å²) >= 11 is 0. The largest absolute Gasteiger partial charge is 0.497 e. The van der Waals surface area contributed by atoms with Crippen LogP contribution in [0, 0.1) is 13.8 Å². The molecule has 1 amide bonds. The van der Waals surface area contributed by atoms with Crippen molar-refractivity contribution in [2.75, 3.05) is 17.7 Å². The molecule has 1 heterocycles. The third-order valence-corrected chi connectivity index (χ3v) is 4.23. The van der Waals surface area contributed by atoms with E-state index in [0.29, 0.717) is 5.56 Å². The fourth-order valence-electron chi connectivity index (χ4n) is 2.55. The van der Waals surface area contributed by atoms with Crippen LogP contribution in [0.1, 0.15) is 21.5 Å². The molecule has 0 aliphatic rings. The normalized spacial score (nSPS) is 10.3. The number of ether oxygens (including phenoxy) is 1. The second kappa shape index (κ2) is 7.70. The molecule has 0 atom stereocenters. The highest BCUT2D eigenvalue weighted by Crippen LogP contribution is 2.22. The molecule has 2 aromatic carbocycles. The Labute approximate surface area is 153 Å². The molecule has 0 unspecified atom stereocenters. The summed E-state index contributed by atoms with van der Waals surface area (Å²) in [6.07, 6.45) is 3.23. The van der Waals surface area contributed by atoms with E-state index in [1.54, 1.807) is 25.6 Å². The minimum absolute atomic E-state index is 0.190. The number of methoxy groups -OCH3 is 1. The minimum atomic E-state index is -0.190. The van der Waals surface area contributed by atoms with E-state index in [-0.39, 0.29) is 5.91 Å². The number of aryl methyl sites for hydroxylation is 1. The summed E-state index contributed by atoms with van der Waals surface area (Å²) < 4.78 is 5.15. The molecule has 0 saturated heterocycles. The summed E-state index contributed by atoms with van der Waals surface area (Å²) in [5.74, 6) is 0.597. The maximum atomic E-state index is 12.6. The van der Waals surface area contributed by atoms with E-state index in [1.165, 1.54) is 0 Å². The molecule has 0 spiro atoms. The van der Waals surface area contributed by atoms with Crippen LogP contribution in [-0.2, 0) is 0 Å². The zero-order chi connectivity index (χ0) is 18.5. The molecule has 0 bridgehead atoms. The molecule has 0 aliphatic heterocycles. The molecular formula is C21H21N3O2. The van der Waals surface area contributed by atoms with Crippen molar-refractivity contribution >= 4 is 23.0 Å². The second-order valence-electron chi connectivity index (χ2n) is 6.02. The number of benzene rings is 2. The summed E-state index contributed by atoms with van der Waals surface area (Å²) in [5.41, 5.74) is 5.12. The van der Waals surface area contributed by atoms with Gasteiger partial charge >= 0.3 is 0 Å². The number of pyridine rings is 1. The first kappa shape index (κ1) is 17.5. The van der Waals surface area contributed by atoms with E-state index in [4.69, 9.17) is 4.74 Å². The summed E-state index contributed by atoms with van der Waals surface area (Å²) in [4.78, 5) is 16.7. The standard InChI is InChI=1S/C21H21N3O2/c1-14-5-4-6-20(15(14)2)24-21(25)16-11-18(13-22-12-16)23-17-7-9-19(26-3)10-8-17/h4-13,23H,1-3H3,(H,24,25). The van der Waals surface area contributed by atoms with Crippen molar-refractivity contribution in [1.29, 1.82) is 0 Å². The number of nitrogens with one attached hydrogen (secondary N) is 2. The summed E-state index contributed by atoms with van der Waals surface area (Å²) in [5, 5.41) is 6.19. The van der Waals surface area contributed by atoms with Crippen LogP contribution in [-0.4, -0.2) is 18.0 Å². The number of amides is 1. The van der Waals surface area contributed by atoms with Gasteiger partial charge in [-0.3, -0.25) is 9.78 Å². The highest BCUT2D eigenvalue weighted by atomic mass is 16.5. The Kier molecular flexibility index (Phi) is 5.17. The van der Waals surface area contributed by atoms with Crippen molar-refractivity contribution in [3.05, 3.63) is 77.6 Å². The average molecular weight is 347 g/mol. The number of anilines is 3. The van der Waals surface area contributed by atoms with Gasteiger partial charge in [0.05, 0.1) is 24.6 Å². The first-order chi connectivity index (χ1) is 12.6. The van der Waals surface area contributed by atoms with Crippen molar-refractivity contribution in [3.8, 4) is 5.75 Å². The van der Waals surface area contributed by atoms with Gasteiger partial charge in [-0.15, -0.1) is 0 Å². The van der Waals surface area contributed by atoms with Gasteiger partial charge in [-0.25, -0.2) is 0 Å². The molecule has 0 saturated carbocycles. The van der Waals surface area contributed by atoms with Crippen molar-refractivity contribution in [2.24, 2.45) is 0 Å². The van der Waals surface area contributed by atoms with Crippen molar-refractivity contribution < 1.29 is 9.53 Å². The van der Waals surface area contributed by atoms with Crippen LogP contribution in [0.2, 0.25) is 0 Å². The van der Waals surface area contributed by atoms with Crippen LogP contribution in [0.15, 0.2) is 60.9 Å². The molecule has 26 heavy (non-hydrogen) atoms. The van der Waals surface area contributed by atoms with Crippen LogP contribution < -0.4 is 15.4 Å². The highest BCUT2D eigenvalue weighted by molar-refractivity contribution is 6.05. The molecule has 3 aromatic rings. The maximum absolute atomic E-state index is 12.6. The molecule has 0 fully saturated rings. The van der Waals surface area contributed by atoms with Crippen LogP contribution in [0.3, 0.4) is 0 Å². The van der Waals surface area contributed by atoms with Gasteiger partial charge in [-0.05, 0) is 61.4 Å². The van der Waals surface area contributed by atoms with Crippen LogP contribution in [0.5, 0.6) is 5.75 Å².